The first kappa shape index (κ1) is 7.15. The Hall–Kier alpha value is -0.520. The van der Waals surface area contributed by atoms with Gasteiger partial charge in [0.25, 0.3) is 0 Å². The van der Waals surface area contributed by atoms with Gasteiger partial charge in [0, 0.05) is 0 Å². The van der Waals surface area contributed by atoms with Crippen LogP contribution < -0.4 is 0 Å². The van der Waals surface area contributed by atoms with Crippen LogP contribution >= 0.6 is 0 Å². The van der Waals surface area contributed by atoms with Crippen molar-refractivity contribution in [3.05, 3.63) is 23.3 Å². The van der Waals surface area contributed by atoms with Gasteiger partial charge in [0.05, 0.1) is 0 Å². The van der Waals surface area contributed by atoms with Crippen molar-refractivity contribution in [2.75, 3.05) is 0 Å². The molecular weight excluding hydrogens is 132 g/mol. The highest BCUT2D eigenvalue weighted by molar-refractivity contribution is 5.39. The molecule has 0 nitrogen and oxygen atoms in total. The van der Waals surface area contributed by atoms with E-state index >= 15 is 0 Å². The summed E-state index contributed by atoms with van der Waals surface area (Å²) in [6.07, 6.45) is 10.0. The molecule has 2 aliphatic rings. The Morgan fingerprint density at radius 2 is 2.18 bits per heavy atom. The Bertz CT molecular complexity index is 228. The summed E-state index contributed by atoms with van der Waals surface area (Å²) in [5.74, 6) is 0. The minimum atomic E-state index is 0.473. The number of allylic oxidation sites excluding steroid dienone is 4. The normalized spacial score (nSPS) is 27.5. The molecule has 2 rings (SSSR count). The van der Waals surface area contributed by atoms with Crippen LogP contribution in [0.15, 0.2) is 23.3 Å². The van der Waals surface area contributed by atoms with Crippen molar-refractivity contribution < 1.29 is 0 Å². The van der Waals surface area contributed by atoms with Crippen molar-refractivity contribution in [2.24, 2.45) is 5.41 Å². The first-order valence-electron chi connectivity index (χ1n) is 4.59. The molecule has 0 bridgehead atoms. The molecule has 11 heavy (non-hydrogen) atoms. The molecule has 60 valence electrons. The van der Waals surface area contributed by atoms with E-state index in [1.54, 1.807) is 11.1 Å². The maximum absolute atomic E-state index is 2.37. The van der Waals surface area contributed by atoms with E-state index in [9.17, 15) is 0 Å². The lowest BCUT2D eigenvalue weighted by Crippen LogP contribution is -2.17. The highest BCUT2D eigenvalue weighted by Crippen LogP contribution is 2.44. The fraction of sp³-hybridized carbons (Fsp3) is 0.636. The maximum atomic E-state index is 2.37. The van der Waals surface area contributed by atoms with Gasteiger partial charge in [-0.3, -0.25) is 0 Å². The van der Waals surface area contributed by atoms with Crippen LogP contribution in [-0.2, 0) is 0 Å². The summed E-state index contributed by atoms with van der Waals surface area (Å²) in [7, 11) is 0. The van der Waals surface area contributed by atoms with Crippen LogP contribution in [0.4, 0.5) is 0 Å². The molecule has 0 saturated carbocycles. The first-order valence-corrected chi connectivity index (χ1v) is 4.59. The van der Waals surface area contributed by atoms with Crippen molar-refractivity contribution in [1.29, 1.82) is 0 Å². The zero-order valence-electron chi connectivity index (χ0n) is 7.48. The van der Waals surface area contributed by atoms with Crippen molar-refractivity contribution in [2.45, 2.75) is 39.5 Å². The molecular formula is C11H16. The van der Waals surface area contributed by atoms with Crippen LogP contribution in [0.1, 0.15) is 39.5 Å². The summed E-state index contributed by atoms with van der Waals surface area (Å²) in [4.78, 5) is 0. The van der Waals surface area contributed by atoms with Gasteiger partial charge in [-0.15, -0.1) is 0 Å². The van der Waals surface area contributed by atoms with E-state index in [1.807, 2.05) is 0 Å². The van der Waals surface area contributed by atoms with Crippen LogP contribution in [-0.4, -0.2) is 0 Å². The van der Waals surface area contributed by atoms with Crippen LogP contribution in [0, 0.1) is 5.41 Å². The summed E-state index contributed by atoms with van der Waals surface area (Å²) < 4.78 is 0. The molecule has 0 aliphatic heterocycles. The largest absolute Gasteiger partial charge is 0.0802 e. The molecule has 0 N–H and O–H groups in total. The van der Waals surface area contributed by atoms with Crippen LogP contribution in [0.3, 0.4) is 0 Å². The summed E-state index contributed by atoms with van der Waals surface area (Å²) in [5.41, 5.74) is 3.82. The molecule has 0 fully saturated rings. The van der Waals surface area contributed by atoms with Gasteiger partial charge in [0.1, 0.15) is 0 Å². The minimum absolute atomic E-state index is 0.473. The molecule has 0 saturated heterocycles. The Labute approximate surface area is 69.0 Å². The van der Waals surface area contributed by atoms with E-state index in [-0.39, 0.29) is 0 Å². The monoisotopic (exact) mass is 148 g/mol. The molecule has 0 aromatic carbocycles. The molecule has 0 spiro atoms. The molecule has 2 aliphatic carbocycles. The molecule has 0 heteroatoms. The SMILES string of the molecule is CC1(C)CCCC2=C1C=CC2. The third-order valence-electron chi connectivity index (χ3n) is 3.04. The fourth-order valence-electron chi connectivity index (χ4n) is 2.37. The predicted octanol–water partition coefficient (Wildman–Crippen LogP) is 3.45. The third-order valence-corrected chi connectivity index (χ3v) is 3.04. The highest BCUT2D eigenvalue weighted by atomic mass is 14.3. The lowest BCUT2D eigenvalue weighted by Gasteiger charge is -2.31. The smallest absolute Gasteiger partial charge is 0.0104 e. The van der Waals surface area contributed by atoms with Gasteiger partial charge < -0.3 is 0 Å². The number of hydrogen-bond acceptors (Lipinski definition) is 0. The summed E-state index contributed by atoms with van der Waals surface area (Å²) in [5, 5.41) is 0. The van der Waals surface area contributed by atoms with Crippen LogP contribution in [0.5, 0.6) is 0 Å². The van der Waals surface area contributed by atoms with Gasteiger partial charge >= 0.3 is 0 Å². The zero-order valence-corrected chi connectivity index (χ0v) is 7.48. The average molecular weight is 148 g/mol. The highest BCUT2D eigenvalue weighted by Gasteiger charge is 2.29. The van der Waals surface area contributed by atoms with E-state index in [0.29, 0.717) is 5.41 Å². The second-order valence-corrected chi connectivity index (χ2v) is 4.36. The quantitative estimate of drug-likeness (QED) is 0.493. The summed E-state index contributed by atoms with van der Waals surface area (Å²) >= 11 is 0. The van der Waals surface area contributed by atoms with Crippen molar-refractivity contribution in [1.82, 2.24) is 0 Å². The van der Waals surface area contributed by atoms with Crippen molar-refractivity contribution in [3.63, 3.8) is 0 Å². The molecule has 0 radical (unpaired) electrons. The Morgan fingerprint density at radius 3 is 2.91 bits per heavy atom. The molecule has 0 heterocycles. The predicted molar refractivity (Wildman–Crippen MR) is 48.4 cm³/mol. The first-order chi connectivity index (χ1) is 5.20. The zero-order chi connectivity index (χ0) is 7.90. The maximum Gasteiger partial charge on any atom is -0.0104 e. The topological polar surface area (TPSA) is 0 Å². The van der Waals surface area contributed by atoms with Crippen LogP contribution in [0.25, 0.3) is 0 Å². The van der Waals surface area contributed by atoms with Gasteiger partial charge in [-0.25, -0.2) is 0 Å². The van der Waals surface area contributed by atoms with Crippen molar-refractivity contribution in [3.8, 4) is 0 Å². The summed E-state index contributed by atoms with van der Waals surface area (Å²) in [6, 6.07) is 0. The van der Waals surface area contributed by atoms with Crippen LogP contribution in [0.2, 0.25) is 0 Å². The second-order valence-electron chi connectivity index (χ2n) is 4.36. The average Bonchev–Trinajstić information content (AvgIpc) is 2.34. The second kappa shape index (κ2) is 2.23. The van der Waals surface area contributed by atoms with E-state index in [4.69, 9.17) is 0 Å². The lowest BCUT2D eigenvalue weighted by molar-refractivity contribution is 0.378. The molecule has 0 aromatic heterocycles. The van der Waals surface area contributed by atoms with E-state index in [2.05, 4.69) is 26.0 Å². The number of hydrogen-bond donors (Lipinski definition) is 0. The Morgan fingerprint density at radius 1 is 1.36 bits per heavy atom. The minimum Gasteiger partial charge on any atom is -0.0802 e. The Balaban J connectivity index is 2.38. The van der Waals surface area contributed by atoms with E-state index in [0.717, 1.165) is 0 Å². The Kier molecular flexibility index (Phi) is 1.45. The van der Waals surface area contributed by atoms with Gasteiger partial charge in [-0.05, 0) is 36.7 Å². The molecule has 0 amide bonds. The number of rotatable bonds is 0. The standard InChI is InChI=1S/C11H16/c1-11(2)8-4-6-9-5-3-7-10(9)11/h3,7H,4-6,8H2,1-2H3. The van der Waals surface area contributed by atoms with Gasteiger partial charge in [-0.2, -0.15) is 0 Å². The molecule has 0 unspecified atom stereocenters. The fourth-order valence-corrected chi connectivity index (χ4v) is 2.37. The van der Waals surface area contributed by atoms with Gasteiger partial charge in [0.15, 0.2) is 0 Å². The van der Waals surface area contributed by atoms with Gasteiger partial charge in [0.2, 0.25) is 0 Å². The van der Waals surface area contributed by atoms with Crippen molar-refractivity contribution >= 4 is 0 Å². The lowest BCUT2D eigenvalue weighted by atomic mass is 9.74. The molecule has 0 aromatic rings. The third kappa shape index (κ3) is 1.05. The summed E-state index contributed by atoms with van der Waals surface area (Å²) in [6.45, 7) is 4.74. The van der Waals surface area contributed by atoms with Gasteiger partial charge in [-0.1, -0.05) is 31.6 Å². The van der Waals surface area contributed by atoms with E-state index in [1.165, 1.54) is 25.7 Å². The van der Waals surface area contributed by atoms with E-state index < -0.39 is 0 Å². The molecule has 0 atom stereocenters.